The highest BCUT2D eigenvalue weighted by Gasteiger charge is 2.30. The van der Waals surface area contributed by atoms with Crippen LogP contribution in [0.3, 0.4) is 0 Å². The number of carbonyl (C=O) groups is 1. The molecule has 0 unspecified atom stereocenters. The molecule has 0 aromatic heterocycles. The number of fused-ring (bicyclic) bond motifs is 1. The van der Waals surface area contributed by atoms with E-state index in [4.69, 9.17) is 0 Å². The zero-order valence-corrected chi connectivity index (χ0v) is 16.3. The number of hydrogen-bond donors (Lipinski definition) is 2. The average Bonchev–Trinajstić information content (AvgIpc) is 3.13. The Morgan fingerprint density at radius 2 is 1.89 bits per heavy atom. The number of amides is 1. The van der Waals surface area contributed by atoms with Crippen molar-refractivity contribution in [1.29, 1.82) is 0 Å². The van der Waals surface area contributed by atoms with Gasteiger partial charge in [-0.1, -0.05) is 31.2 Å². The lowest BCUT2D eigenvalue weighted by Crippen LogP contribution is -2.32. The molecule has 0 spiro atoms. The van der Waals surface area contributed by atoms with E-state index in [1.165, 1.54) is 16.4 Å². The fraction of sp³-hybridized carbons (Fsp3) is 0.350. The Morgan fingerprint density at radius 1 is 1.07 bits per heavy atom. The Morgan fingerprint density at radius 3 is 2.70 bits per heavy atom. The number of carbonyl (C=O) groups excluding carboxylic acids is 1. The van der Waals surface area contributed by atoms with Gasteiger partial charge >= 0.3 is 0 Å². The van der Waals surface area contributed by atoms with Crippen molar-refractivity contribution in [1.82, 2.24) is 10.6 Å². The SMILES string of the molecule is CCCNCCNC(=O)c1cccc(S(=O)(=O)N2CCc3ccccc32)c1. The molecule has 144 valence electrons. The fourth-order valence-electron chi connectivity index (χ4n) is 3.15. The minimum atomic E-state index is -3.70. The summed E-state index contributed by atoms with van der Waals surface area (Å²) in [5.74, 6) is -0.271. The highest BCUT2D eigenvalue weighted by atomic mass is 32.2. The number of nitrogens with zero attached hydrogens (tertiary/aromatic N) is 1. The second kappa shape index (κ2) is 8.54. The maximum atomic E-state index is 13.1. The summed E-state index contributed by atoms with van der Waals surface area (Å²) in [7, 11) is -3.70. The monoisotopic (exact) mass is 387 g/mol. The lowest BCUT2D eigenvalue weighted by molar-refractivity contribution is 0.0953. The summed E-state index contributed by atoms with van der Waals surface area (Å²) in [6, 6.07) is 13.7. The molecule has 1 amide bonds. The Bertz CT molecular complexity index is 912. The van der Waals surface area contributed by atoms with Crippen LogP contribution in [0.25, 0.3) is 0 Å². The van der Waals surface area contributed by atoms with Gasteiger partial charge in [-0.15, -0.1) is 0 Å². The van der Waals surface area contributed by atoms with Crippen LogP contribution in [-0.4, -0.2) is 40.5 Å². The normalized spacial score (nSPS) is 13.4. The highest BCUT2D eigenvalue weighted by Crippen LogP contribution is 2.32. The molecular weight excluding hydrogens is 362 g/mol. The number of benzene rings is 2. The van der Waals surface area contributed by atoms with Crippen LogP contribution in [0, 0.1) is 0 Å². The van der Waals surface area contributed by atoms with Gasteiger partial charge in [0.1, 0.15) is 0 Å². The quantitative estimate of drug-likeness (QED) is 0.681. The van der Waals surface area contributed by atoms with Gasteiger partial charge in [0.05, 0.1) is 10.6 Å². The first kappa shape index (κ1) is 19.4. The Hall–Kier alpha value is -2.38. The number of hydrogen-bond acceptors (Lipinski definition) is 4. The summed E-state index contributed by atoms with van der Waals surface area (Å²) in [6.45, 7) is 4.58. The maximum absolute atomic E-state index is 13.1. The third-order valence-corrected chi connectivity index (χ3v) is 6.35. The molecular formula is C20H25N3O3S. The third-order valence-electron chi connectivity index (χ3n) is 4.54. The molecule has 0 fully saturated rings. The zero-order chi connectivity index (χ0) is 19.3. The molecule has 0 saturated heterocycles. The molecule has 1 aliphatic heterocycles. The van der Waals surface area contributed by atoms with Crippen molar-refractivity contribution in [2.45, 2.75) is 24.7 Å². The molecule has 0 radical (unpaired) electrons. The van der Waals surface area contributed by atoms with E-state index in [1.807, 2.05) is 24.3 Å². The van der Waals surface area contributed by atoms with Crippen LogP contribution in [0.5, 0.6) is 0 Å². The van der Waals surface area contributed by atoms with Crippen LogP contribution >= 0.6 is 0 Å². The van der Waals surface area contributed by atoms with E-state index in [0.29, 0.717) is 37.3 Å². The number of sulfonamides is 1. The Kier molecular flexibility index (Phi) is 6.13. The van der Waals surface area contributed by atoms with Gasteiger partial charge in [0, 0.05) is 25.2 Å². The molecule has 7 heteroatoms. The predicted molar refractivity (Wildman–Crippen MR) is 107 cm³/mol. The van der Waals surface area contributed by atoms with Crippen molar-refractivity contribution in [3.8, 4) is 0 Å². The molecule has 6 nitrogen and oxygen atoms in total. The first-order chi connectivity index (χ1) is 13.0. The molecule has 27 heavy (non-hydrogen) atoms. The largest absolute Gasteiger partial charge is 0.351 e. The highest BCUT2D eigenvalue weighted by molar-refractivity contribution is 7.92. The molecule has 0 bridgehead atoms. The smallest absolute Gasteiger partial charge is 0.264 e. The van der Waals surface area contributed by atoms with Crippen LogP contribution < -0.4 is 14.9 Å². The van der Waals surface area contributed by atoms with Gasteiger partial charge in [0.25, 0.3) is 15.9 Å². The first-order valence-corrected chi connectivity index (χ1v) is 10.7. The van der Waals surface area contributed by atoms with Crippen molar-refractivity contribution < 1.29 is 13.2 Å². The second-order valence-corrected chi connectivity index (χ2v) is 8.35. The van der Waals surface area contributed by atoms with Crippen LogP contribution in [0.4, 0.5) is 5.69 Å². The second-order valence-electron chi connectivity index (χ2n) is 6.49. The summed E-state index contributed by atoms with van der Waals surface area (Å²) in [5, 5.41) is 6.02. The van der Waals surface area contributed by atoms with Gasteiger partial charge in [-0.05, 0) is 49.2 Å². The van der Waals surface area contributed by atoms with Gasteiger partial charge in [0.15, 0.2) is 0 Å². The van der Waals surface area contributed by atoms with Crippen molar-refractivity contribution in [2.75, 3.05) is 30.5 Å². The van der Waals surface area contributed by atoms with E-state index in [9.17, 15) is 13.2 Å². The molecule has 2 aromatic rings. The standard InChI is InChI=1S/C20H25N3O3S/c1-2-11-21-12-13-22-20(24)17-7-5-8-18(15-17)27(25,26)23-14-10-16-6-3-4-9-19(16)23/h3-9,15,21H,2,10-14H2,1H3,(H,22,24). The zero-order valence-electron chi connectivity index (χ0n) is 15.4. The van der Waals surface area contributed by atoms with Gasteiger partial charge in [-0.3, -0.25) is 9.10 Å². The maximum Gasteiger partial charge on any atom is 0.264 e. The summed E-state index contributed by atoms with van der Waals surface area (Å²) >= 11 is 0. The first-order valence-electron chi connectivity index (χ1n) is 9.23. The van der Waals surface area contributed by atoms with Crippen LogP contribution in [0.15, 0.2) is 53.4 Å². The van der Waals surface area contributed by atoms with Gasteiger partial charge in [-0.25, -0.2) is 8.42 Å². The summed E-state index contributed by atoms with van der Waals surface area (Å²) in [5.41, 5.74) is 2.09. The van der Waals surface area contributed by atoms with Gasteiger partial charge in [0.2, 0.25) is 0 Å². The number of rotatable bonds is 8. The molecule has 0 aliphatic carbocycles. The van der Waals surface area contributed by atoms with Gasteiger partial charge < -0.3 is 10.6 Å². The topological polar surface area (TPSA) is 78.5 Å². The van der Waals surface area contributed by atoms with Crippen LogP contribution in [-0.2, 0) is 16.4 Å². The van der Waals surface area contributed by atoms with Crippen molar-refractivity contribution in [3.63, 3.8) is 0 Å². The molecule has 3 rings (SSSR count). The molecule has 0 saturated carbocycles. The predicted octanol–water partition coefficient (Wildman–Crippen LogP) is 2.17. The van der Waals surface area contributed by atoms with E-state index in [2.05, 4.69) is 17.6 Å². The van der Waals surface area contributed by atoms with Crippen LogP contribution in [0.1, 0.15) is 29.3 Å². The molecule has 2 N–H and O–H groups in total. The summed E-state index contributed by atoms with van der Waals surface area (Å²) < 4.78 is 27.6. The van der Waals surface area contributed by atoms with Crippen molar-refractivity contribution in [3.05, 3.63) is 59.7 Å². The average molecular weight is 388 g/mol. The number of para-hydroxylation sites is 1. The number of anilines is 1. The van der Waals surface area contributed by atoms with Crippen molar-refractivity contribution >= 4 is 21.6 Å². The lowest BCUT2D eigenvalue weighted by atomic mass is 10.2. The molecule has 1 aliphatic rings. The Balaban J connectivity index is 1.74. The van der Waals surface area contributed by atoms with E-state index < -0.39 is 10.0 Å². The Labute approximate surface area is 160 Å². The lowest BCUT2D eigenvalue weighted by Gasteiger charge is -2.20. The van der Waals surface area contributed by atoms with E-state index >= 15 is 0 Å². The third kappa shape index (κ3) is 4.31. The van der Waals surface area contributed by atoms with E-state index in [-0.39, 0.29) is 10.8 Å². The van der Waals surface area contributed by atoms with E-state index in [0.717, 1.165) is 18.5 Å². The van der Waals surface area contributed by atoms with Crippen LogP contribution in [0.2, 0.25) is 0 Å². The minimum Gasteiger partial charge on any atom is -0.351 e. The number of nitrogens with one attached hydrogen (secondary N) is 2. The van der Waals surface area contributed by atoms with Gasteiger partial charge in [-0.2, -0.15) is 0 Å². The minimum absolute atomic E-state index is 0.135. The summed E-state index contributed by atoms with van der Waals surface area (Å²) in [6.07, 6.45) is 1.73. The van der Waals surface area contributed by atoms with Crippen molar-refractivity contribution in [2.24, 2.45) is 0 Å². The fourth-order valence-corrected chi connectivity index (χ4v) is 4.70. The van der Waals surface area contributed by atoms with E-state index in [1.54, 1.807) is 12.1 Å². The molecule has 1 heterocycles. The molecule has 2 aromatic carbocycles. The summed E-state index contributed by atoms with van der Waals surface area (Å²) in [4.78, 5) is 12.5. The molecule has 0 atom stereocenters.